The van der Waals surface area contributed by atoms with E-state index in [1.54, 1.807) is 25.3 Å². The first-order chi connectivity index (χ1) is 10.2. The Balaban J connectivity index is 1.77. The van der Waals surface area contributed by atoms with Crippen molar-refractivity contribution >= 4 is 5.91 Å². The van der Waals surface area contributed by atoms with Gasteiger partial charge in [0.15, 0.2) is 0 Å². The van der Waals surface area contributed by atoms with E-state index in [0.29, 0.717) is 5.56 Å². The summed E-state index contributed by atoms with van der Waals surface area (Å²) in [6, 6.07) is 6.48. The number of halogens is 1. The number of piperazine rings is 1. The van der Waals surface area contributed by atoms with E-state index in [0.717, 1.165) is 45.8 Å². The number of methoxy groups -OCH3 is 1. The molecule has 0 atom stereocenters. The van der Waals surface area contributed by atoms with Crippen LogP contribution in [0.4, 0.5) is 4.39 Å². The van der Waals surface area contributed by atoms with Crippen LogP contribution in [0.5, 0.6) is 0 Å². The summed E-state index contributed by atoms with van der Waals surface area (Å²) in [5.74, 6) is -0.291. The molecular weight excluding hydrogens is 271 g/mol. The maximum atomic E-state index is 13.6. The number of carbonyl (C=O) groups excluding carboxylic acids is 1. The molecule has 0 bridgehead atoms. The largest absolute Gasteiger partial charge is 0.385 e. The minimum atomic E-state index is -0.302. The Hall–Kier alpha value is -1.46. The van der Waals surface area contributed by atoms with Gasteiger partial charge in [0.2, 0.25) is 5.91 Å². The van der Waals surface area contributed by atoms with Gasteiger partial charge in [0, 0.05) is 46.4 Å². The molecule has 0 aromatic heterocycles. The molecule has 0 spiro atoms. The standard InChI is InChI=1S/C16H23FN2O2/c1-21-12-4-7-18-8-10-19(11-9-18)16(20)13-14-5-2-3-6-15(14)17/h2-3,5-6H,4,7-13H2,1H3. The maximum Gasteiger partial charge on any atom is 0.227 e. The summed E-state index contributed by atoms with van der Waals surface area (Å²) >= 11 is 0. The predicted molar refractivity (Wildman–Crippen MR) is 79.6 cm³/mol. The van der Waals surface area contributed by atoms with Crippen LogP contribution in [-0.2, 0) is 16.0 Å². The molecule has 1 aliphatic rings. The number of ether oxygens (including phenoxy) is 1. The third-order valence-corrected chi connectivity index (χ3v) is 3.85. The topological polar surface area (TPSA) is 32.8 Å². The summed E-state index contributed by atoms with van der Waals surface area (Å²) in [6.45, 7) is 4.98. The van der Waals surface area contributed by atoms with Crippen molar-refractivity contribution in [3.8, 4) is 0 Å². The Morgan fingerprint density at radius 1 is 1.24 bits per heavy atom. The van der Waals surface area contributed by atoms with Gasteiger partial charge in [-0.3, -0.25) is 9.69 Å². The number of nitrogens with zero attached hydrogens (tertiary/aromatic N) is 2. The van der Waals surface area contributed by atoms with Crippen LogP contribution in [0, 0.1) is 5.82 Å². The maximum absolute atomic E-state index is 13.6. The lowest BCUT2D eigenvalue weighted by molar-refractivity contribution is -0.132. The van der Waals surface area contributed by atoms with Crippen LogP contribution in [0.3, 0.4) is 0 Å². The smallest absolute Gasteiger partial charge is 0.227 e. The van der Waals surface area contributed by atoms with Gasteiger partial charge in [0.05, 0.1) is 6.42 Å². The molecule has 1 aromatic rings. The van der Waals surface area contributed by atoms with Gasteiger partial charge in [0.25, 0.3) is 0 Å². The summed E-state index contributed by atoms with van der Waals surface area (Å²) in [4.78, 5) is 16.4. The van der Waals surface area contributed by atoms with Crippen molar-refractivity contribution in [1.82, 2.24) is 9.80 Å². The molecule has 116 valence electrons. The molecule has 21 heavy (non-hydrogen) atoms. The Morgan fingerprint density at radius 2 is 1.95 bits per heavy atom. The lowest BCUT2D eigenvalue weighted by atomic mass is 10.1. The lowest BCUT2D eigenvalue weighted by Gasteiger charge is -2.34. The second-order valence-electron chi connectivity index (χ2n) is 5.34. The Labute approximate surface area is 125 Å². The highest BCUT2D eigenvalue weighted by Gasteiger charge is 2.21. The Bertz CT molecular complexity index is 459. The molecule has 0 N–H and O–H groups in total. The van der Waals surface area contributed by atoms with Crippen molar-refractivity contribution in [3.63, 3.8) is 0 Å². The van der Waals surface area contributed by atoms with Crippen molar-refractivity contribution in [2.75, 3.05) is 46.4 Å². The quantitative estimate of drug-likeness (QED) is 0.746. The van der Waals surface area contributed by atoms with Crippen LogP contribution in [0.15, 0.2) is 24.3 Å². The monoisotopic (exact) mass is 294 g/mol. The first-order valence-electron chi connectivity index (χ1n) is 7.43. The van der Waals surface area contributed by atoms with Crippen LogP contribution in [0.1, 0.15) is 12.0 Å². The van der Waals surface area contributed by atoms with Crippen molar-refractivity contribution < 1.29 is 13.9 Å². The minimum absolute atomic E-state index is 0.0108. The summed E-state index contributed by atoms with van der Waals surface area (Å²) < 4.78 is 18.6. The molecule has 1 aliphatic heterocycles. The summed E-state index contributed by atoms with van der Waals surface area (Å²) in [6.07, 6.45) is 1.16. The summed E-state index contributed by atoms with van der Waals surface area (Å²) in [5, 5.41) is 0. The van der Waals surface area contributed by atoms with Crippen molar-refractivity contribution in [3.05, 3.63) is 35.6 Å². The Morgan fingerprint density at radius 3 is 2.62 bits per heavy atom. The highest BCUT2D eigenvalue weighted by Crippen LogP contribution is 2.10. The van der Waals surface area contributed by atoms with E-state index in [4.69, 9.17) is 4.74 Å². The van der Waals surface area contributed by atoms with E-state index in [1.165, 1.54) is 6.07 Å². The van der Waals surface area contributed by atoms with E-state index < -0.39 is 0 Å². The predicted octanol–water partition coefficient (Wildman–Crippen LogP) is 1.55. The van der Waals surface area contributed by atoms with E-state index >= 15 is 0 Å². The van der Waals surface area contributed by atoms with Gasteiger partial charge in [-0.15, -0.1) is 0 Å². The van der Waals surface area contributed by atoms with E-state index in [1.807, 2.05) is 4.90 Å². The number of amides is 1. The molecule has 5 heteroatoms. The second-order valence-corrected chi connectivity index (χ2v) is 5.34. The second kappa shape index (κ2) is 8.10. The van der Waals surface area contributed by atoms with Crippen LogP contribution in [-0.4, -0.2) is 62.1 Å². The number of rotatable bonds is 6. The number of benzene rings is 1. The van der Waals surface area contributed by atoms with Gasteiger partial charge in [-0.1, -0.05) is 18.2 Å². The molecule has 1 saturated heterocycles. The summed E-state index contributed by atoms with van der Waals surface area (Å²) in [5.41, 5.74) is 0.477. The highest BCUT2D eigenvalue weighted by atomic mass is 19.1. The van der Waals surface area contributed by atoms with Gasteiger partial charge >= 0.3 is 0 Å². The van der Waals surface area contributed by atoms with Crippen molar-refractivity contribution in [2.24, 2.45) is 0 Å². The zero-order valence-corrected chi connectivity index (χ0v) is 12.6. The Kier molecular flexibility index (Phi) is 6.14. The minimum Gasteiger partial charge on any atom is -0.385 e. The van der Waals surface area contributed by atoms with Crippen molar-refractivity contribution in [1.29, 1.82) is 0 Å². The van der Waals surface area contributed by atoms with Crippen LogP contribution >= 0.6 is 0 Å². The number of hydrogen-bond donors (Lipinski definition) is 0. The fourth-order valence-electron chi connectivity index (χ4n) is 2.57. The molecule has 2 rings (SSSR count). The SMILES string of the molecule is COCCCN1CCN(C(=O)Cc2ccccc2F)CC1. The molecule has 0 unspecified atom stereocenters. The summed E-state index contributed by atoms with van der Waals surface area (Å²) in [7, 11) is 1.71. The van der Waals surface area contributed by atoms with Gasteiger partial charge < -0.3 is 9.64 Å². The van der Waals surface area contributed by atoms with Gasteiger partial charge in [-0.25, -0.2) is 4.39 Å². The van der Waals surface area contributed by atoms with Gasteiger partial charge in [-0.2, -0.15) is 0 Å². The lowest BCUT2D eigenvalue weighted by Crippen LogP contribution is -2.49. The van der Waals surface area contributed by atoms with Gasteiger partial charge in [0.1, 0.15) is 5.82 Å². The first-order valence-corrected chi connectivity index (χ1v) is 7.43. The van der Waals surface area contributed by atoms with Crippen LogP contribution in [0.25, 0.3) is 0 Å². The zero-order chi connectivity index (χ0) is 15.1. The third kappa shape index (κ3) is 4.79. The molecule has 1 heterocycles. The molecule has 1 aromatic carbocycles. The van der Waals surface area contributed by atoms with E-state index in [2.05, 4.69) is 4.90 Å². The highest BCUT2D eigenvalue weighted by molar-refractivity contribution is 5.78. The van der Waals surface area contributed by atoms with Crippen LogP contribution in [0.2, 0.25) is 0 Å². The molecule has 0 radical (unpaired) electrons. The average Bonchev–Trinajstić information content (AvgIpc) is 2.50. The van der Waals surface area contributed by atoms with E-state index in [9.17, 15) is 9.18 Å². The normalized spacial score (nSPS) is 16.2. The first kappa shape index (κ1) is 15.9. The van der Waals surface area contributed by atoms with Crippen molar-refractivity contribution in [2.45, 2.75) is 12.8 Å². The molecule has 4 nitrogen and oxygen atoms in total. The number of hydrogen-bond acceptors (Lipinski definition) is 3. The zero-order valence-electron chi connectivity index (χ0n) is 12.6. The average molecular weight is 294 g/mol. The molecular formula is C16H23FN2O2. The fourth-order valence-corrected chi connectivity index (χ4v) is 2.57. The molecule has 0 aliphatic carbocycles. The molecule has 1 amide bonds. The number of carbonyl (C=O) groups is 1. The van der Waals surface area contributed by atoms with Gasteiger partial charge in [-0.05, 0) is 18.1 Å². The third-order valence-electron chi connectivity index (χ3n) is 3.85. The van der Waals surface area contributed by atoms with Crippen LogP contribution < -0.4 is 0 Å². The molecule has 1 fully saturated rings. The fraction of sp³-hybridized carbons (Fsp3) is 0.562. The van der Waals surface area contributed by atoms with E-state index in [-0.39, 0.29) is 18.1 Å². The molecule has 0 saturated carbocycles.